The fourth-order valence-corrected chi connectivity index (χ4v) is 5.12. The van der Waals surface area contributed by atoms with Crippen molar-refractivity contribution in [1.82, 2.24) is 14.9 Å². The number of benzene rings is 4. The molecule has 0 spiro atoms. The van der Waals surface area contributed by atoms with E-state index in [0.29, 0.717) is 12.1 Å². The molecule has 0 saturated heterocycles. The number of rotatable bonds is 7. The van der Waals surface area contributed by atoms with Gasteiger partial charge < -0.3 is 15.0 Å². The summed E-state index contributed by atoms with van der Waals surface area (Å²) in [6.45, 7) is 2.46. The molecule has 2 heterocycles. The van der Waals surface area contributed by atoms with Crippen LogP contribution in [0.2, 0.25) is 0 Å². The lowest BCUT2D eigenvalue weighted by molar-refractivity contribution is 0.0696. The summed E-state index contributed by atoms with van der Waals surface area (Å²) in [5.41, 5.74) is 6.43. The summed E-state index contributed by atoms with van der Waals surface area (Å²) in [6.07, 6.45) is 3.90. The molecule has 1 atom stereocenters. The molecule has 196 valence electrons. The Hall–Kier alpha value is -5.23. The molecule has 2 N–H and O–H groups in total. The summed E-state index contributed by atoms with van der Waals surface area (Å²) >= 11 is 0. The van der Waals surface area contributed by atoms with Gasteiger partial charge in [-0.05, 0) is 71.6 Å². The maximum atomic E-state index is 13.8. The number of aromatic carboxylic acids is 1. The molecular weight excluding hydrogens is 498 g/mol. The third-order valence-corrected chi connectivity index (χ3v) is 7.22. The van der Waals surface area contributed by atoms with Crippen molar-refractivity contribution in [3.05, 3.63) is 138 Å². The Balaban J connectivity index is 1.39. The van der Waals surface area contributed by atoms with Crippen LogP contribution in [0.5, 0.6) is 0 Å². The number of hydrogen-bond donors (Lipinski definition) is 2. The molecule has 6 heteroatoms. The van der Waals surface area contributed by atoms with Crippen molar-refractivity contribution in [2.24, 2.45) is 0 Å². The summed E-state index contributed by atoms with van der Waals surface area (Å²) < 4.78 is 2.09. The summed E-state index contributed by atoms with van der Waals surface area (Å²) in [5, 5.41) is 14.4. The lowest BCUT2D eigenvalue weighted by Gasteiger charge is -2.17. The summed E-state index contributed by atoms with van der Waals surface area (Å²) in [6, 6.07) is 32.5. The van der Waals surface area contributed by atoms with Gasteiger partial charge in [0.15, 0.2) is 0 Å². The molecular formula is C34H27N3O3. The zero-order valence-electron chi connectivity index (χ0n) is 21.9. The Morgan fingerprint density at radius 1 is 0.850 bits per heavy atom. The SMILES string of the molecule is C[C@H](NC(=O)c1cc(-c2ccccc2)cc2ccn(Cc3cnc4ccccc4c3)c12)c1ccc(C(=O)O)cc1. The van der Waals surface area contributed by atoms with Crippen molar-refractivity contribution in [2.75, 3.05) is 0 Å². The van der Waals surface area contributed by atoms with E-state index in [1.807, 2.05) is 80.0 Å². The number of carboxylic acid groups (broad SMARTS) is 1. The highest BCUT2D eigenvalue weighted by Gasteiger charge is 2.19. The second-order valence-electron chi connectivity index (χ2n) is 9.93. The molecule has 6 nitrogen and oxygen atoms in total. The number of fused-ring (bicyclic) bond motifs is 2. The fraction of sp³-hybridized carbons (Fsp3) is 0.0882. The van der Waals surface area contributed by atoms with Gasteiger partial charge >= 0.3 is 5.97 Å². The van der Waals surface area contributed by atoms with Crippen molar-refractivity contribution in [2.45, 2.75) is 19.5 Å². The first-order valence-electron chi connectivity index (χ1n) is 13.1. The Labute approximate surface area is 231 Å². The quantitative estimate of drug-likeness (QED) is 0.233. The average molecular weight is 526 g/mol. The van der Waals surface area contributed by atoms with Crippen LogP contribution in [0.15, 0.2) is 116 Å². The normalized spacial score (nSPS) is 11.9. The molecule has 0 saturated carbocycles. The van der Waals surface area contributed by atoms with Crippen LogP contribution in [0.25, 0.3) is 32.9 Å². The first-order chi connectivity index (χ1) is 19.5. The first-order valence-corrected chi connectivity index (χ1v) is 13.1. The van der Waals surface area contributed by atoms with Crippen LogP contribution in [0, 0.1) is 0 Å². The van der Waals surface area contributed by atoms with E-state index in [0.717, 1.165) is 44.1 Å². The Kier molecular flexibility index (Phi) is 6.58. The van der Waals surface area contributed by atoms with Crippen LogP contribution in [0.3, 0.4) is 0 Å². The molecule has 0 radical (unpaired) electrons. The van der Waals surface area contributed by atoms with E-state index in [4.69, 9.17) is 0 Å². The van der Waals surface area contributed by atoms with Gasteiger partial charge in [0, 0.05) is 29.7 Å². The fourth-order valence-electron chi connectivity index (χ4n) is 5.12. The van der Waals surface area contributed by atoms with E-state index in [9.17, 15) is 14.7 Å². The lowest BCUT2D eigenvalue weighted by atomic mass is 9.99. The van der Waals surface area contributed by atoms with Crippen LogP contribution in [0.4, 0.5) is 0 Å². The van der Waals surface area contributed by atoms with Gasteiger partial charge in [-0.3, -0.25) is 9.78 Å². The van der Waals surface area contributed by atoms with Crippen LogP contribution in [-0.2, 0) is 6.54 Å². The van der Waals surface area contributed by atoms with Gasteiger partial charge in [-0.1, -0.05) is 60.7 Å². The molecule has 2 aromatic heterocycles. The molecule has 1 amide bonds. The van der Waals surface area contributed by atoms with Gasteiger partial charge in [0.25, 0.3) is 5.91 Å². The van der Waals surface area contributed by atoms with Crippen molar-refractivity contribution < 1.29 is 14.7 Å². The minimum atomic E-state index is -0.981. The minimum Gasteiger partial charge on any atom is -0.478 e. The number of aromatic nitrogens is 2. The van der Waals surface area contributed by atoms with Gasteiger partial charge in [0.05, 0.1) is 28.2 Å². The number of pyridine rings is 1. The van der Waals surface area contributed by atoms with E-state index in [1.165, 1.54) is 0 Å². The molecule has 0 bridgehead atoms. The topological polar surface area (TPSA) is 84.2 Å². The van der Waals surface area contributed by atoms with Crippen LogP contribution in [-0.4, -0.2) is 26.5 Å². The standard InChI is InChI=1S/C34H27N3O3/c1-22(24-11-13-26(14-12-24)34(39)40)36-33(38)30-19-29(25-7-3-2-4-8-25)18-28-15-16-37(32(28)30)21-23-17-27-9-5-6-10-31(27)35-20-23/h2-20,22H,21H2,1H3,(H,36,38)(H,39,40)/t22-/m0/s1. The highest BCUT2D eigenvalue weighted by Crippen LogP contribution is 2.30. The van der Waals surface area contributed by atoms with Crippen molar-refractivity contribution in [3.63, 3.8) is 0 Å². The van der Waals surface area contributed by atoms with E-state index in [2.05, 4.69) is 33.1 Å². The second kappa shape index (κ2) is 10.5. The summed E-state index contributed by atoms with van der Waals surface area (Å²) in [5.74, 6) is -1.18. The molecule has 6 aromatic rings. The molecule has 6 rings (SSSR count). The Morgan fingerprint density at radius 2 is 1.60 bits per heavy atom. The molecule has 0 aliphatic carbocycles. The predicted octanol–water partition coefficient (Wildman–Crippen LogP) is 7.09. The third kappa shape index (κ3) is 4.95. The predicted molar refractivity (Wildman–Crippen MR) is 158 cm³/mol. The molecule has 0 aliphatic heterocycles. The smallest absolute Gasteiger partial charge is 0.335 e. The lowest BCUT2D eigenvalue weighted by Crippen LogP contribution is -2.27. The number of carbonyl (C=O) groups is 2. The Morgan fingerprint density at radius 3 is 2.38 bits per heavy atom. The number of carboxylic acids is 1. The van der Waals surface area contributed by atoms with Gasteiger partial charge in [0.1, 0.15) is 0 Å². The molecule has 40 heavy (non-hydrogen) atoms. The van der Waals surface area contributed by atoms with Crippen molar-refractivity contribution >= 4 is 33.7 Å². The average Bonchev–Trinajstić information content (AvgIpc) is 3.39. The zero-order chi connectivity index (χ0) is 27.6. The molecule has 0 aliphatic rings. The van der Waals surface area contributed by atoms with E-state index in [-0.39, 0.29) is 17.5 Å². The van der Waals surface area contributed by atoms with Gasteiger partial charge in [-0.2, -0.15) is 0 Å². The molecule has 0 unspecified atom stereocenters. The van der Waals surface area contributed by atoms with Crippen molar-refractivity contribution in [3.8, 4) is 11.1 Å². The number of para-hydroxylation sites is 1. The highest BCUT2D eigenvalue weighted by molar-refractivity contribution is 6.08. The van der Waals surface area contributed by atoms with E-state index < -0.39 is 5.97 Å². The maximum Gasteiger partial charge on any atom is 0.335 e. The molecule has 4 aromatic carbocycles. The number of amides is 1. The summed E-state index contributed by atoms with van der Waals surface area (Å²) in [4.78, 5) is 29.7. The Bertz CT molecular complexity index is 1860. The zero-order valence-corrected chi connectivity index (χ0v) is 21.9. The summed E-state index contributed by atoms with van der Waals surface area (Å²) in [7, 11) is 0. The third-order valence-electron chi connectivity index (χ3n) is 7.22. The molecule has 0 fully saturated rings. The maximum absolute atomic E-state index is 13.8. The minimum absolute atomic E-state index is 0.200. The monoisotopic (exact) mass is 525 g/mol. The number of nitrogens with one attached hydrogen (secondary N) is 1. The number of nitrogens with zero attached hydrogens (tertiary/aromatic N) is 2. The van der Waals surface area contributed by atoms with Gasteiger partial charge in [-0.25, -0.2) is 4.79 Å². The van der Waals surface area contributed by atoms with Crippen LogP contribution < -0.4 is 5.32 Å². The van der Waals surface area contributed by atoms with E-state index in [1.54, 1.807) is 24.3 Å². The van der Waals surface area contributed by atoms with Crippen LogP contribution in [0.1, 0.15) is 44.8 Å². The number of hydrogen-bond acceptors (Lipinski definition) is 3. The highest BCUT2D eigenvalue weighted by atomic mass is 16.4. The largest absolute Gasteiger partial charge is 0.478 e. The van der Waals surface area contributed by atoms with E-state index >= 15 is 0 Å². The van der Waals surface area contributed by atoms with Crippen LogP contribution >= 0.6 is 0 Å². The second-order valence-corrected chi connectivity index (χ2v) is 9.93. The number of carbonyl (C=O) groups excluding carboxylic acids is 1. The van der Waals surface area contributed by atoms with Gasteiger partial charge in [0.2, 0.25) is 0 Å². The van der Waals surface area contributed by atoms with Gasteiger partial charge in [-0.15, -0.1) is 0 Å². The first kappa shape index (κ1) is 25.1. The van der Waals surface area contributed by atoms with Crippen molar-refractivity contribution in [1.29, 1.82) is 0 Å².